The number of benzene rings is 1. The summed E-state index contributed by atoms with van der Waals surface area (Å²) >= 11 is 0. The van der Waals surface area contributed by atoms with Crippen molar-refractivity contribution in [3.05, 3.63) is 48.2 Å². The van der Waals surface area contributed by atoms with Gasteiger partial charge in [0.2, 0.25) is 0 Å². The fraction of sp³-hybridized carbons (Fsp3) is 0.389. The number of piperidine rings is 1. The monoisotopic (exact) mass is 280 g/mol. The van der Waals surface area contributed by atoms with Crippen molar-refractivity contribution in [3.63, 3.8) is 0 Å². The summed E-state index contributed by atoms with van der Waals surface area (Å²) in [5, 5.41) is 9.29. The van der Waals surface area contributed by atoms with E-state index in [4.69, 9.17) is 4.42 Å². The van der Waals surface area contributed by atoms with E-state index in [0.717, 1.165) is 43.8 Å². The van der Waals surface area contributed by atoms with Crippen LogP contribution in [0.2, 0.25) is 0 Å². The topological polar surface area (TPSA) is 40.2 Å². The van der Waals surface area contributed by atoms with E-state index in [1.54, 1.807) is 6.26 Å². The molecule has 1 saturated heterocycles. The Morgan fingerprint density at radius 1 is 1.29 bits per heavy atom. The second-order valence-electron chi connectivity index (χ2n) is 6.16. The van der Waals surface area contributed by atoms with Gasteiger partial charge in [-0.05, 0) is 44.0 Å². The minimum atomic E-state index is -0.188. The van der Waals surface area contributed by atoms with E-state index < -0.39 is 0 Å². The van der Waals surface area contributed by atoms with E-state index in [0.29, 0.717) is 0 Å². The second-order valence-corrected chi connectivity index (χ2v) is 6.16. The van der Waals surface area contributed by atoms with E-state index in [1.807, 2.05) is 12.1 Å². The molecular weight excluding hydrogens is 260 g/mol. The van der Waals surface area contributed by atoms with Gasteiger partial charge in [-0.3, -0.25) is 4.90 Å². The molecule has 3 nitrogen and oxygen atoms in total. The third-order valence-corrected chi connectivity index (χ3v) is 4.21. The fourth-order valence-corrected chi connectivity index (χ4v) is 3.05. The van der Waals surface area contributed by atoms with Crippen molar-refractivity contribution >= 4 is 0 Å². The molecule has 1 aliphatic heterocycles. The highest BCUT2D eigenvalue weighted by Crippen LogP contribution is 2.29. The Labute approximate surface area is 125 Å². The summed E-state index contributed by atoms with van der Waals surface area (Å²) in [6, 6.07) is 14.8. The van der Waals surface area contributed by atoms with Crippen molar-refractivity contribution in [1.29, 1.82) is 5.26 Å². The van der Waals surface area contributed by atoms with Crippen molar-refractivity contribution in [1.82, 2.24) is 4.90 Å². The largest absolute Gasteiger partial charge is 0.464 e. The van der Waals surface area contributed by atoms with E-state index in [-0.39, 0.29) is 5.41 Å². The first-order valence-corrected chi connectivity index (χ1v) is 7.45. The predicted molar refractivity (Wildman–Crippen MR) is 82.4 cm³/mol. The number of furan rings is 1. The van der Waals surface area contributed by atoms with Gasteiger partial charge < -0.3 is 4.42 Å². The SMILES string of the molecule is C[C@@]1(C#N)CCCN(Cc2ccc(-c3ccco3)cc2)C1. The maximum atomic E-state index is 9.29. The van der Waals surface area contributed by atoms with Crippen molar-refractivity contribution in [3.8, 4) is 17.4 Å². The van der Waals surface area contributed by atoms with Gasteiger partial charge in [-0.15, -0.1) is 0 Å². The quantitative estimate of drug-likeness (QED) is 0.850. The number of hydrogen-bond acceptors (Lipinski definition) is 3. The molecule has 2 aromatic rings. The first kappa shape index (κ1) is 13.9. The molecule has 0 radical (unpaired) electrons. The molecule has 0 saturated carbocycles. The van der Waals surface area contributed by atoms with Crippen molar-refractivity contribution in [2.75, 3.05) is 13.1 Å². The molecular formula is C18H20N2O. The minimum Gasteiger partial charge on any atom is -0.464 e. The van der Waals surface area contributed by atoms with Crippen LogP contribution in [-0.2, 0) is 6.54 Å². The fourth-order valence-electron chi connectivity index (χ4n) is 3.05. The number of likely N-dealkylation sites (tertiary alicyclic amines) is 1. The summed E-state index contributed by atoms with van der Waals surface area (Å²) in [5.41, 5.74) is 2.20. The van der Waals surface area contributed by atoms with E-state index in [1.165, 1.54) is 5.56 Å². The van der Waals surface area contributed by atoms with E-state index in [9.17, 15) is 5.26 Å². The van der Waals surface area contributed by atoms with Crippen molar-refractivity contribution in [2.24, 2.45) is 5.41 Å². The van der Waals surface area contributed by atoms with Gasteiger partial charge in [-0.2, -0.15) is 5.26 Å². The number of hydrogen-bond donors (Lipinski definition) is 0. The summed E-state index contributed by atoms with van der Waals surface area (Å²) in [5.74, 6) is 0.900. The van der Waals surface area contributed by atoms with Crippen LogP contribution >= 0.6 is 0 Å². The lowest BCUT2D eigenvalue weighted by Crippen LogP contribution is -2.40. The molecule has 0 amide bonds. The van der Waals surface area contributed by atoms with Gasteiger partial charge in [0, 0.05) is 18.7 Å². The Bertz CT molecular complexity index is 624. The number of rotatable bonds is 3. The van der Waals surface area contributed by atoms with Gasteiger partial charge in [0.05, 0.1) is 17.7 Å². The van der Waals surface area contributed by atoms with Crippen LogP contribution in [0, 0.1) is 16.7 Å². The minimum absolute atomic E-state index is 0.188. The van der Waals surface area contributed by atoms with Crippen LogP contribution in [0.25, 0.3) is 11.3 Å². The third-order valence-electron chi connectivity index (χ3n) is 4.21. The van der Waals surface area contributed by atoms with Crippen LogP contribution in [0.3, 0.4) is 0 Å². The lowest BCUT2D eigenvalue weighted by Gasteiger charge is -2.35. The third kappa shape index (κ3) is 3.17. The Morgan fingerprint density at radius 3 is 2.76 bits per heavy atom. The van der Waals surface area contributed by atoms with Gasteiger partial charge in [-0.25, -0.2) is 0 Å². The Balaban J connectivity index is 1.67. The molecule has 3 heteroatoms. The van der Waals surface area contributed by atoms with Gasteiger partial charge >= 0.3 is 0 Å². The zero-order chi connectivity index (χ0) is 14.7. The molecule has 2 heterocycles. The first-order chi connectivity index (χ1) is 10.2. The summed E-state index contributed by atoms with van der Waals surface area (Å²) in [6.45, 7) is 4.93. The average Bonchev–Trinajstić information content (AvgIpc) is 3.02. The molecule has 0 aliphatic carbocycles. The van der Waals surface area contributed by atoms with Crippen LogP contribution in [-0.4, -0.2) is 18.0 Å². The molecule has 0 spiro atoms. The molecule has 108 valence electrons. The predicted octanol–water partition coefficient (Wildman–Crippen LogP) is 4.07. The lowest BCUT2D eigenvalue weighted by atomic mass is 9.83. The zero-order valence-corrected chi connectivity index (χ0v) is 12.4. The summed E-state index contributed by atoms with van der Waals surface area (Å²) in [7, 11) is 0. The molecule has 1 aromatic heterocycles. The maximum Gasteiger partial charge on any atom is 0.133 e. The van der Waals surface area contributed by atoms with Crippen LogP contribution in [0.4, 0.5) is 0 Å². The van der Waals surface area contributed by atoms with Crippen LogP contribution in [0.5, 0.6) is 0 Å². The molecule has 3 rings (SSSR count). The Kier molecular flexibility index (Phi) is 3.81. The molecule has 0 N–H and O–H groups in total. The maximum absolute atomic E-state index is 9.29. The average molecular weight is 280 g/mol. The molecule has 0 bridgehead atoms. The van der Waals surface area contributed by atoms with Crippen LogP contribution in [0.1, 0.15) is 25.3 Å². The normalized spacial score (nSPS) is 22.9. The Morgan fingerprint density at radius 2 is 2.10 bits per heavy atom. The van der Waals surface area contributed by atoms with Gasteiger partial charge in [-0.1, -0.05) is 24.3 Å². The highest BCUT2D eigenvalue weighted by atomic mass is 16.3. The zero-order valence-electron chi connectivity index (χ0n) is 12.4. The van der Waals surface area contributed by atoms with E-state index >= 15 is 0 Å². The molecule has 1 aromatic carbocycles. The van der Waals surface area contributed by atoms with Crippen LogP contribution < -0.4 is 0 Å². The molecule has 21 heavy (non-hydrogen) atoms. The van der Waals surface area contributed by atoms with Gasteiger partial charge in [0.25, 0.3) is 0 Å². The number of nitrogens with zero attached hydrogens (tertiary/aromatic N) is 2. The van der Waals surface area contributed by atoms with E-state index in [2.05, 4.69) is 42.2 Å². The van der Waals surface area contributed by atoms with Gasteiger partial charge in [0.15, 0.2) is 0 Å². The summed E-state index contributed by atoms with van der Waals surface area (Å²) in [6.07, 6.45) is 3.81. The smallest absolute Gasteiger partial charge is 0.133 e. The highest BCUT2D eigenvalue weighted by Gasteiger charge is 2.30. The van der Waals surface area contributed by atoms with Crippen molar-refractivity contribution in [2.45, 2.75) is 26.3 Å². The highest BCUT2D eigenvalue weighted by molar-refractivity contribution is 5.57. The number of nitriles is 1. The molecule has 1 atom stereocenters. The van der Waals surface area contributed by atoms with Gasteiger partial charge in [0.1, 0.15) is 5.76 Å². The summed E-state index contributed by atoms with van der Waals surface area (Å²) < 4.78 is 5.40. The lowest BCUT2D eigenvalue weighted by molar-refractivity contribution is 0.137. The van der Waals surface area contributed by atoms with Crippen molar-refractivity contribution < 1.29 is 4.42 Å². The molecule has 0 unspecified atom stereocenters. The standard InChI is InChI=1S/C18H20N2O/c1-18(13-19)9-3-10-20(14-18)12-15-5-7-16(8-6-15)17-4-2-11-21-17/h2,4-8,11H,3,9-10,12,14H2,1H3/t18-/m0/s1. The first-order valence-electron chi connectivity index (χ1n) is 7.45. The molecule has 1 aliphatic rings. The summed E-state index contributed by atoms with van der Waals surface area (Å²) in [4.78, 5) is 2.38. The Hall–Kier alpha value is -2.05. The second kappa shape index (κ2) is 5.75. The van der Waals surface area contributed by atoms with Crippen LogP contribution in [0.15, 0.2) is 47.1 Å². The molecule has 1 fully saturated rings.